The van der Waals surface area contributed by atoms with E-state index in [0.717, 1.165) is 44.6 Å². The molecule has 0 unspecified atom stereocenters. The van der Waals surface area contributed by atoms with Gasteiger partial charge < -0.3 is 15.3 Å². The van der Waals surface area contributed by atoms with Gasteiger partial charge in [-0.1, -0.05) is 0 Å². The van der Waals surface area contributed by atoms with Crippen LogP contribution < -0.4 is 5.32 Å². The number of nitrogens with zero attached hydrogens (tertiary/aromatic N) is 2. The fourth-order valence-corrected chi connectivity index (χ4v) is 2.27. The average Bonchev–Trinajstić information content (AvgIpc) is 2.83. The van der Waals surface area contributed by atoms with Gasteiger partial charge in [0.05, 0.1) is 6.10 Å². The molecule has 1 aromatic rings. The summed E-state index contributed by atoms with van der Waals surface area (Å²) in [6.07, 6.45) is 2.52. The molecule has 1 amide bonds. The van der Waals surface area contributed by atoms with Gasteiger partial charge in [-0.3, -0.25) is 9.89 Å². The van der Waals surface area contributed by atoms with Gasteiger partial charge in [0.1, 0.15) is 5.69 Å². The number of amides is 1. The molecule has 0 saturated carbocycles. The zero-order valence-electron chi connectivity index (χ0n) is 11.4. The average molecular weight is 266 g/mol. The highest BCUT2D eigenvalue weighted by Crippen LogP contribution is 2.09. The molecule has 3 N–H and O–H groups in total. The number of aliphatic hydroxyl groups is 1. The van der Waals surface area contributed by atoms with Crippen LogP contribution in [0, 0.1) is 6.92 Å². The lowest BCUT2D eigenvalue weighted by molar-refractivity contribution is 0.0816. The van der Waals surface area contributed by atoms with Gasteiger partial charge in [0.15, 0.2) is 0 Å². The number of aromatic amines is 1. The standard InChI is InChI=1S/C13H22N4O2/c1-10-9-12(16-15-10)13(19)14-5-2-6-17-7-3-11(18)4-8-17/h9,11,18H,2-8H2,1H3,(H,14,19)(H,15,16). The minimum Gasteiger partial charge on any atom is -0.393 e. The summed E-state index contributed by atoms with van der Waals surface area (Å²) in [4.78, 5) is 14.0. The van der Waals surface area contributed by atoms with Crippen LogP contribution in [0.25, 0.3) is 0 Å². The lowest BCUT2D eigenvalue weighted by Gasteiger charge is -2.29. The van der Waals surface area contributed by atoms with Crippen LogP contribution in [0.15, 0.2) is 6.07 Å². The van der Waals surface area contributed by atoms with Crippen molar-refractivity contribution < 1.29 is 9.90 Å². The molecule has 1 aromatic heterocycles. The normalized spacial score (nSPS) is 17.6. The van der Waals surface area contributed by atoms with Crippen molar-refractivity contribution in [3.05, 3.63) is 17.5 Å². The Hall–Kier alpha value is -1.40. The van der Waals surface area contributed by atoms with Crippen LogP contribution >= 0.6 is 0 Å². The molecule has 1 aliphatic heterocycles. The number of nitrogens with one attached hydrogen (secondary N) is 2. The summed E-state index contributed by atoms with van der Waals surface area (Å²) >= 11 is 0. The summed E-state index contributed by atoms with van der Waals surface area (Å²) in [6, 6.07) is 1.74. The minimum absolute atomic E-state index is 0.126. The predicted octanol–water partition coefficient (Wildman–Crippen LogP) is 0.295. The number of hydrogen-bond donors (Lipinski definition) is 3. The molecule has 0 atom stereocenters. The van der Waals surface area contributed by atoms with Gasteiger partial charge in [0.25, 0.3) is 5.91 Å². The zero-order chi connectivity index (χ0) is 13.7. The van der Waals surface area contributed by atoms with Crippen molar-refractivity contribution in [1.29, 1.82) is 0 Å². The highest BCUT2D eigenvalue weighted by atomic mass is 16.3. The number of aryl methyl sites for hydroxylation is 1. The molecule has 6 nitrogen and oxygen atoms in total. The summed E-state index contributed by atoms with van der Waals surface area (Å²) in [7, 11) is 0. The Morgan fingerprint density at radius 3 is 2.95 bits per heavy atom. The molecule has 0 bridgehead atoms. The predicted molar refractivity (Wildman–Crippen MR) is 72.0 cm³/mol. The summed E-state index contributed by atoms with van der Waals surface area (Å²) in [5.41, 5.74) is 1.33. The number of H-pyrrole nitrogens is 1. The smallest absolute Gasteiger partial charge is 0.271 e. The first kappa shape index (κ1) is 14.0. The van der Waals surface area contributed by atoms with Gasteiger partial charge in [-0.2, -0.15) is 5.10 Å². The lowest BCUT2D eigenvalue weighted by Crippen LogP contribution is -2.37. The van der Waals surface area contributed by atoms with E-state index in [9.17, 15) is 9.90 Å². The van der Waals surface area contributed by atoms with E-state index in [1.54, 1.807) is 6.07 Å². The third kappa shape index (κ3) is 4.33. The van der Waals surface area contributed by atoms with E-state index >= 15 is 0 Å². The van der Waals surface area contributed by atoms with E-state index in [-0.39, 0.29) is 12.0 Å². The molecule has 0 aliphatic carbocycles. The van der Waals surface area contributed by atoms with Crippen molar-refractivity contribution in [2.75, 3.05) is 26.2 Å². The van der Waals surface area contributed by atoms with Crippen LogP contribution in [0.1, 0.15) is 35.4 Å². The van der Waals surface area contributed by atoms with Crippen LogP contribution in [0.5, 0.6) is 0 Å². The number of likely N-dealkylation sites (tertiary alicyclic amines) is 1. The van der Waals surface area contributed by atoms with Gasteiger partial charge >= 0.3 is 0 Å². The highest BCUT2D eigenvalue weighted by molar-refractivity contribution is 5.92. The van der Waals surface area contributed by atoms with Crippen molar-refractivity contribution in [3.63, 3.8) is 0 Å². The van der Waals surface area contributed by atoms with Crippen molar-refractivity contribution in [2.45, 2.75) is 32.3 Å². The van der Waals surface area contributed by atoms with E-state index in [0.29, 0.717) is 12.2 Å². The van der Waals surface area contributed by atoms with Crippen molar-refractivity contribution in [1.82, 2.24) is 20.4 Å². The Morgan fingerprint density at radius 1 is 1.58 bits per heavy atom. The van der Waals surface area contributed by atoms with Crippen LogP contribution in [0.4, 0.5) is 0 Å². The minimum atomic E-state index is -0.126. The topological polar surface area (TPSA) is 81.2 Å². The number of carbonyl (C=O) groups excluding carboxylic acids is 1. The van der Waals surface area contributed by atoms with Gasteiger partial charge in [-0.15, -0.1) is 0 Å². The molecule has 6 heteroatoms. The maximum Gasteiger partial charge on any atom is 0.271 e. The molecule has 1 aliphatic rings. The van der Waals surface area contributed by atoms with Crippen molar-refractivity contribution in [3.8, 4) is 0 Å². The van der Waals surface area contributed by atoms with Gasteiger partial charge in [0, 0.05) is 25.3 Å². The van der Waals surface area contributed by atoms with Crippen LogP contribution in [0.2, 0.25) is 0 Å². The third-order valence-corrected chi connectivity index (χ3v) is 3.43. The first-order chi connectivity index (χ1) is 9.15. The number of carbonyl (C=O) groups is 1. The number of rotatable bonds is 5. The first-order valence-corrected chi connectivity index (χ1v) is 6.86. The Bertz CT molecular complexity index is 411. The van der Waals surface area contributed by atoms with Crippen LogP contribution in [-0.2, 0) is 0 Å². The van der Waals surface area contributed by atoms with Crippen molar-refractivity contribution in [2.24, 2.45) is 0 Å². The molecular formula is C13H22N4O2. The summed E-state index contributed by atoms with van der Waals surface area (Å²) in [6.45, 7) is 5.40. The van der Waals surface area contributed by atoms with E-state index in [1.165, 1.54) is 0 Å². The molecule has 1 saturated heterocycles. The Morgan fingerprint density at radius 2 is 2.32 bits per heavy atom. The fraction of sp³-hybridized carbons (Fsp3) is 0.692. The van der Waals surface area contributed by atoms with Gasteiger partial charge in [0.2, 0.25) is 0 Å². The maximum absolute atomic E-state index is 11.7. The number of aliphatic hydroxyl groups excluding tert-OH is 1. The monoisotopic (exact) mass is 266 g/mol. The Balaban J connectivity index is 1.60. The number of hydrogen-bond acceptors (Lipinski definition) is 4. The second-order valence-corrected chi connectivity index (χ2v) is 5.12. The zero-order valence-corrected chi connectivity index (χ0v) is 11.4. The molecule has 0 aromatic carbocycles. The fourth-order valence-electron chi connectivity index (χ4n) is 2.27. The van der Waals surface area contributed by atoms with E-state index in [1.807, 2.05) is 6.92 Å². The summed E-state index contributed by atoms with van der Waals surface area (Å²) in [5, 5.41) is 18.9. The molecule has 1 fully saturated rings. The molecule has 0 radical (unpaired) electrons. The lowest BCUT2D eigenvalue weighted by atomic mass is 10.1. The summed E-state index contributed by atoms with van der Waals surface area (Å²) in [5.74, 6) is -0.126. The van der Waals surface area contributed by atoms with Crippen molar-refractivity contribution >= 4 is 5.91 Å². The van der Waals surface area contributed by atoms with Crippen LogP contribution in [0.3, 0.4) is 0 Å². The Labute approximate surface area is 113 Å². The summed E-state index contributed by atoms with van der Waals surface area (Å²) < 4.78 is 0. The first-order valence-electron chi connectivity index (χ1n) is 6.86. The molecule has 0 spiro atoms. The third-order valence-electron chi connectivity index (χ3n) is 3.43. The maximum atomic E-state index is 11.7. The quantitative estimate of drug-likeness (QED) is 0.669. The van der Waals surface area contributed by atoms with E-state index in [4.69, 9.17) is 0 Å². The molecule has 2 rings (SSSR count). The molecule has 106 valence electrons. The largest absolute Gasteiger partial charge is 0.393 e. The van der Waals surface area contributed by atoms with E-state index in [2.05, 4.69) is 20.4 Å². The molecule has 19 heavy (non-hydrogen) atoms. The number of aromatic nitrogens is 2. The molecular weight excluding hydrogens is 244 g/mol. The SMILES string of the molecule is Cc1cc(C(=O)NCCCN2CCC(O)CC2)n[nH]1. The second-order valence-electron chi connectivity index (χ2n) is 5.12. The van der Waals surface area contributed by atoms with Crippen LogP contribution in [-0.4, -0.2) is 58.4 Å². The second kappa shape index (κ2) is 6.68. The Kier molecular flexibility index (Phi) is 4.93. The number of piperidine rings is 1. The highest BCUT2D eigenvalue weighted by Gasteiger charge is 2.16. The molecule has 2 heterocycles. The van der Waals surface area contributed by atoms with E-state index < -0.39 is 0 Å². The van der Waals surface area contributed by atoms with Gasteiger partial charge in [-0.05, 0) is 38.8 Å². The van der Waals surface area contributed by atoms with Gasteiger partial charge in [-0.25, -0.2) is 0 Å².